The molecule has 0 saturated carbocycles. The molecule has 3 rings (SSSR count). The zero-order valence-electron chi connectivity index (χ0n) is 17.9. The van der Waals surface area contributed by atoms with Gasteiger partial charge in [0.05, 0.1) is 35.0 Å². The van der Waals surface area contributed by atoms with Crippen molar-refractivity contribution in [1.29, 1.82) is 0 Å². The molecule has 0 radical (unpaired) electrons. The van der Waals surface area contributed by atoms with E-state index in [1.807, 2.05) is 51.1 Å². The summed E-state index contributed by atoms with van der Waals surface area (Å²) in [6.45, 7) is 13.0. The second-order valence-corrected chi connectivity index (χ2v) is 7.99. The third kappa shape index (κ3) is 4.70. The molecule has 1 aliphatic rings. The summed E-state index contributed by atoms with van der Waals surface area (Å²) in [6, 6.07) is 4.51. The van der Waals surface area contributed by atoms with Crippen molar-refractivity contribution in [3.8, 4) is 0 Å². The molecule has 0 aliphatic carbocycles. The maximum Gasteiger partial charge on any atom is 0.323 e. The molecule has 2 aromatic rings. The molecule has 1 aliphatic heterocycles. The van der Waals surface area contributed by atoms with Crippen molar-refractivity contribution >= 4 is 23.1 Å². The van der Waals surface area contributed by atoms with Crippen molar-refractivity contribution in [2.24, 2.45) is 0 Å². The predicted molar refractivity (Wildman–Crippen MR) is 113 cm³/mol. The van der Waals surface area contributed by atoms with Crippen molar-refractivity contribution in [3.05, 3.63) is 35.4 Å². The molecule has 1 saturated heterocycles. The van der Waals surface area contributed by atoms with Crippen LogP contribution < -0.4 is 15.5 Å². The number of anilines is 3. The van der Waals surface area contributed by atoms with E-state index in [0.29, 0.717) is 30.2 Å². The Kier molecular flexibility index (Phi) is 6.12. The Hall–Kier alpha value is -2.61. The van der Waals surface area contributed by atoms with E-state index >= 15 is 0 Å². The Morgan fingerprint density at radius 2 is 1.86 bits per heavy atom. The van der Waals surface area contributed by atoms with Gasteiger partial charge in [-0.05, 0) is 59.7 Å². The van der Waals surface area contributed by atoms with Crippen LogP contribution in [0.25, 0.3) is 0 Å². The first-order valence-electron chi connectivity index (χ1n) is 9.99. The summed E-state index contributed by atoms with van der Waals surface area (Å²) in [5.74, 6) is -0.371. The standard InChI is InChI=1S/C21H30FN5O2/c1-12(2)27-16(6)20(15(5)25-27)24-21(28)23-17-7-8-19(18(22)9-17)26-10-13(3)29-14(4)11-26/h7-9,12-14H,10-11H2,1-6H3,(H2,23,24,28). The van der Waals surface area contributed by atoms with E-state index in [1.54, 1.807) is 12.1 Å². The molecule has 2 N–H and O–H groups in total. The van der Waals surface area contributed by atoms with E-state index < -0.39 is 6.03 Å². The molecule has 1 aromatic carbocycles. The van der Waals surface area contributed by atoms with Gasteiger partial charge in [-0.3, -0.25) is 4.68 Å². The van der Waals surface area contributed by atoms with E-state index in [1.165, 1.54) is 6.07 Å². The number of urea groups is 1. The normalized spacial score (nSPS) is 19.5. The maximum absolute atomic E-state index is 14.7. The summed E-state index contributed by atoms with van der Waals surface area (Å²) in [4.78, 5) is 14.4. The van der Waals surface area contributed by atoms with Crippen molar-refractivity contribution in [1.82, 2.24) is 9.78 Å². The summed E-state index contributed by atoms with van der Waals surface area (Å²) in [7, 11) is 0. The molecule has 8 heteroatoms. The van der Waals surface area contributed by atoms with Gasteiger partial charge in [0.2, 0.25) is 0 Å². The van der Waals surface area contributed by atoms with Crippen LogP contribution in [-0.2, 0) is 4.74 Å². The number of morpholine rings is 1. The number of amides is 2. The second-order valence-electron chi connectivity index (χ2n) is 7.99. The van der Waals surface area contributed by atoms with Crippen LogP contribution >= 0.6 is 0 Å². The molecule has 7 nitrogen and oxygen atoms in total. The SMILES string of the molecule is Cc1nn(C(C)C)c(C)c1NC(=O)Nc1ccc(N2CC(C)OC(C)C2)c(F)c1. The minimum absolute atomic E-state index is 0.0416. The quantitative estimate of drug-likeness (QED) is 0.790. The van der Waals surface area contributed by atoms with Gasteiger partial charge in [0, 0.05) is 24.8 Å². The molecule has 29 heavy (non-hydrogen) atoms. The fourth-order valence-corrected chi connectivity index (χ4v) is 3.84. The molecular formula is C21H30FN5O2. The molecule has 158 valence electrons. The molecule has 2 heterocycles. The van der Waals surface area contributed by atoms with Gasteiger partial charge in [0.25, 0.3) is 0 Å². The molecule has 2 amide bonds. The van der Waals surface area contributed by atoms with Gasteiger partial charge in [-0.2, -0.15) is 5.10 Å². The van der Waals surface area contributed by atoms with Crippen molar-refractivity contribution < 1.29 is 13.9 Å². The number of nitrogens with one attached hydrogen (secondary N) is 2. The lowest BCUT2D eigenvalue weighted by atomic mass is 10.2. The fraction of sp³-hybridized carbons (Fsp3) is 0.524. The first-order chi connectivity index (χ1) is 13.7. The van der Waals surface area contributed by atoms with Crippen molar-refractivity contribution in [2.45, 2.75) is 59.8 Å². The van der Waals surface area contributed by atoms with Gasteiger partial charge < -0.3 is 20.3 Å². The highest BCUT2D eigenvalue weighted by atomic mass is 19.1. The van der Waals surface area contributed by atoms with Crippen LogP contribution in [0.3, 0.4) is 0 Å². The van der Waals surface area contributed by atoms with Crippen LogP contribution in [0, 0.1) is 19.7 Å². The van der Waals surface area contributed by atoms with Crippen LogP contribution in [0.4, 0.5) is 26.2 Å². The Morgan fingerprint density at radius 1 is 1.21 bits per heavy atom. The number of ether oxygens (including phenoxy) is 1. The molecule has 0 spiro atoms. The van der Waals surface area contributed by atoms with Gasteiger partial charge in [-0.15, -0.1) is 0 Å². The van der Waals surface area contributed by atoms with Crippen LogP contribution in [0.2, 0.25) is 0 Å². The predicted octanol–water partition coefficient (Wildman–Crippen LogP) is 4.48. The zero-order chi connectivity index (χ0) is 21.3. The summed E-state index contributed by atoms with van der Waals surface area (Å²) < 4.78 is 22.3. The maximum atomic E-state index is 14.7. The lowest BCUT2D eigenvalue weighted by Crippen LogP contribution is -2.45. The highest BCUT2D eigenvalue weighted by molar-refractivity contribution is 6.00. The van der Waals surface area contributed by atoms with Gasteiger partial charge in [0.1, 0.15) is 5.82 Å². The number of benzene rings is 1. The van der Waals surface area contributed by atoms with E-state index in [0.717, 1.165) is 11.4 Å². The fourth-order valence-electron chi connectivity index (χ4n) is 3.84. The third-order valence-electron chi connectivity index (χ3n) is 5.02. The van der Waals surface area contributed by atoms with Crippen molar-refractivity contribution in [3.63, 3.8) is 0 Å². The number of aryl methyl sites for hydroxylation is 1. The first kappa shape index (κ1) is 21.1. The smallest absolute Gasteiger partial charge is 0.323 e. The minimum Gasteiger partial charge on any atom is -0.372 e. The number of halogens is 1. The number of hydrogen-bond donors (Lipinski definition) is 2. The summed E-state index contributed by atoms with van der Waals surface area (Å²) in [5.41, 5.74) is 3.20. The van der Waals surface area contributed by atoms with Gasteiger partial charge >= 0.3 is 6.03 Å². The largest absolute Gasteiger partial charge is 0.372 e. The second kappa shape index (κ2) is 8.41. The zero-order valence-corrected chi connectivity index (χ0v) is 17.9. The van der Waals surface area contributed by atoms with Gasteiger partial charge in [0.15, 0.2) is 0 Å². The van der Waals surface area contributed by atoms with E-state index in [-0.39, 0.29) is 24.1 Å². The van der Waals surface area contributed by atoms with Crippen LogP contribution in [0.5, 0.6) is 0 Å². The lowest BCUT2D eigenvalue weighted by Gasteiger charge is -2.37. The Labute approximate surface area is 171 Å². The Morgan fingerprint density at radius 3 is 2.41 bits per heavy atom. The number of nitrogens with zero attached hydrogens (tertiary/aromatic N) is 3. The molecule has 2 atom stereocenters. The number of rotatable bonds is 4. The average molecular weight is 404 g/mol. The summed E-state index contributed by atoms with van der Waals surface area (Å²) >= 11 is 0. The Bertz CT molecular complexity index is 885. The number of hydrogen-bond acceptors (Lipinski definition) is 4. The van der Waals surface area contributed by atoms with E-state index in [2.05, 4.69) is 15.7 Å². The molecule has 0 bridgehead atoms. The minimum atomic E-state index is -0.430. The Balaban J connectivity index is 1.70. The topological polar surface area (TPSA) is 71.4 Å². The number of aromatic nitrogens is 2. The number of carbonyl (C=O) groups is 1. The molecular weight excluding hydrogens is 373 g/mol. The van der Waals surface area contributed by atoms with Gasteiger partial charge in [-0.25, -0.2) is 9.18 Å². The highest BCUT2D eigenvalue weighted by Gasteiger charge is 2.24. The summed E-state index contributed by atoms with van der Waals surface area (Å²) in [5, 5.41) is 9.99. The first-order valence-corrected chi connectivity index (χ1v) is 9.99. The molecule has 2 unspecified atom stereocenters. The van der Waals surface area contributed by atoms with Gasteiger partial charge in [-0.1, -0.05) is 0 Å². The van der Waals surface area contributed by atoms with Crippen LogP contribution in [0.15, 0.2) is 18.2 Å². The monoisotopic (exact) mass is 403 g/mol. The van der Waals surface area contributed by atoms with Crippen LogP contribution in [0.1, 0.15) is 45.1 Å². The van der Waals surface area contributed by atoms with E-state index in [4.69, 9.17) is 4.74 Å². The molecule has 1 fully saturated rings. The summed E-state index contributed by atoms with van der Waals surface area (Å²) in [6.07, 6.45) is 0.0833. The number of carbonyl (C=O) groups excluding carboxylic acids is 1. The van der Waals surface area contributed by atoms with Crippen molar-refractivity contribution in [2.75, 3.05) is 28.6 Å². The molecule has 1 aromatic heterocycles. The average Bonchev–Trinajstić information content (AvgIpc) is 2.89. The van der Waals surface area contributed by atoms with E-state index in [9.17, 15) is 9.18 Å². The lowest BCUT2D eigenvalue weighted by molar-refractivity contribution is -0.00539. The van der Waals surface area contributed by atoms with Crippen LogP contribution in [-0.4, -0.2) is 41.1 Å². The highest BCUT2D eigenvalue weighted by Crippen LogP contribution is 2.27. The third-order valence-corrected chi connectivity index (χ3v) is 5.02.